The summed E-state index contributed by atoms with van der Waals surface area (Å²) in [4.78, 5) is 4.04. The van der Waals surface area contributed by atoms with Gasteiger partial charge in [-0.2, -0.15) is 0 Å². The van der Waals surface area contributed by atoms with Crippen LogP contribution in [-0.4, -0.2) is 18.5 Å². The highest BCUT2D eigenvalue weighted by molar-refractivity contribution is 7.93. The monoisotopic (exact) mass is 424 g/mol. The summed E-state index contributed by atoms with van der Waals surface area (Å²) in [7, 11) is -3.67. The second-order valence-corrected chi connectivity index (χ2v) is 8.48. The van der Waals surface area contributed by atoms with Gasteiger partial charge in [0.05, 0.1) is 4.90 Å². The molecule has 0 amide bonds. The van der Waals surface area contributed by atoms with Crippen LogP contribution in [0, 0.1) is 0 Å². The smallest absolute Gasteiger partial charge is 0.263 e. The standard InChI is InChI=1S/C16H13ClN4O2S3/c17-11-2-1-3-13(10-11)20-15(24)19-12-4-6-14(7-5-12)26(22,23)21-16-18-8-9-25-16/h1-10H,(H,18,21)(H2,19,20,24). The molecular formula is C16H13ClN4O2S3. The van der Waals surface area contributed by atoms with Crippen LogP contribution in [0.4, 0.5) is 16.5 Å². The molecule has 26 heavy (non-hydrogen) atoms. The number of sulfonamides is 1. The first kappa shape index (κ1) is 18.6. The van der Waals surface area contributed by atoms with Crippen molar-refractivity contribution in [2.45, 2.75) is 4.90 Å². The molecule has 3 N–H and O–H groups in total. The average molecular weight is 425 g/mol. The quantitative estimate of drug-likeness (QED) is 0.526. The lowest BCUT2D eigenvalue weighted by atomic mass is 10.3. The molecule has 0 aliphatic carbocycles. The second kappa shape index (κ2) is 8.00. The van der Waals surface area contributed by atoms with Gasteiger partial charge in [0.2, 0.25) is 0 Å². The molecule has 0 atom stereocenters. The molecule has 134 valence electrons. The third kappa shape index (κ3) is 4.92. The molecule has 10 heteroatoms. The van der Waals surface area contributed by atoms with Crippen LogP contribution < -0.4 is 15.4 Å². The molecule has 0 spiro atoms. The van der Waals surface area contributed by atoms with Crippen LogP contribution in [0.25, 0.3) is 0 Å². The predicted octanol–water partition coefficient (Wildman–Crippen LogP) is 4.41. The number of benzene rings is 2. The van der Waals surface area contributed by atoms with E-state index in [-0.39, 0.29) is 4.90 Å². The van der Waals surface area contributed by atoms with E-state index in [1.165, 1.54) is 29.7 Å². The van der Waals surface area contributed by atoms with E-state index >= 15 is 0 Å². The van der Waals surface area contributed by atoms with Crippen molar-refractivity contribution in [3.8, 4) is 0 Å². The highest BCUT2D eigenvalue weighted by Gasteiger charge is 2.15. The molecule has 0 aliphatic rings. The third-order valence-electron chi connectivity index (χ3n) is 3.16. The Bertz CT molecular complexity index is 1010. The fraction of sp³-hybridized carbons (Fsp3) is 0. The van der Waals surface area contributed by atoms with Crippen LogP contribution >= 0.6 is 35.2 Å². The summed E-state index contributed by atoms with van der Waals surface area (Å²) in [5.74, 6) is 0. The van der Waals surface area contributed by atoms with Gasteiger partial charge in [0.1, 0.15) is 0 Å². The summed E-state index contributed by atoms with van der Waals surface area (Å²) in [6, 6.07) is 13.4. The maximum absolute atomic E-state index is 12.3. The van der Waals surface area contributed by atoms with Crippen molar-refractivity contribution in [3.05, 3.63) is 65.1 Å². The Balaban J connectivity index is 1.64. The molecule has 1 aromatic heterocycles. The lowest BCUT2D eigenvalue weighted by Gasteiger charge is -2.11. The highest BCUT2D eigenvalue weighted by atomic mass is 35.5. The van der Waals surface area contributed by atoms with Gasteiger partial charge < -0.3 is 10.6 Å². The fourth-order valence-electron chi connectivity index (χ4n) is 2.02. The molecule has 0 radical (unpaired) electrons. The first-order valence-corrected chi connectivity index (χ1v) is 10.4. The molecule has 0 fully saturated rings. The number of hydrogen-bond donors (Lipinski definition) is 3. The molecule has 0 saturated heterocycles. The molecular weight excluding hydrogens is 412 g/mol. The number of thiazole rings is 1. The van der Waals surface area contributed by atoms with Crippen molar-refractivity contribution in [3.63, 3.8) is 0 Å². The van der Waals surface area contributed by atoms with Gasteiger partial charge >= 0.3 is 0 Å². The van der Waals surface area contributed by atoms with Gasteiger partial charge in [-0.3, -0.25) is 4.72 Å². The van der Waals surface area contributed by atoms with E-state index in [0.717, 1.165) is 5.69 Å². The lowest BCUT2D eigenvalue weighted by molar-refractivity contribution is 0.601. The minimum absolute atomic E-state index is 0.131. The number of aromatic nitrogens is 1. The van der Waals surface area contributed by atoms with Crippen LogP contribution in [0.1, 0.15) is 0 Å². The van der Waals surface area contributed by atoms with Crippen molar-refractivity contribution < 1.29 is 8.42 Å². The number of hydrogen-bond acceptors (Lipinski definition) is 5. The Morgan fingerprint density at radius 2 is 1.81 bits per heavy atom. The number of halogens is 1. The normalized spacial score (nSPS) is 11.0. The van der Waals surface area contributed by atoms with Crippen molar-refractivity contribution in [2.24, 2.45) is 0 Å². The summed E-state index contributed by atoms with van der Waals surface area (Å²) in [6.07, 6.45) is 1.53. The van der Waals surface area contributed by atoms with Gasteiger partial charge in [0.25, 0.3) is 10.0 Å². The average Bonchev–Trinajstić information content (AvgIpc) is 3.07. The zero-order valence-corrected chi connectivity index (χ0v) is 16.3. The molecule has 6 nitrogen and oxygen atoms in total. The van der Waals surface area contributed by atoms with E-state index in [4.69, 9.17) is 23.8 Å². The lowest BCUT2D eigenvalue weighted by Crippen LogP contribution is -2.19. The summed E-state index contributed by atoms with van der Waals surface area (Å²) in [5.41, 5.74) is 1.40. The zero-order valence-electron chi connectivity index (χ0n) is 13.1. The topological polar surface area (TPSA) is 83.1 Å². The summed E-state index contributed by atoms with van der Waals surface area (Å²) < 4.78 is 27.0. The third-order valence-corrected chi connectivity index (χ3v) is 5.77. The van der Waals surface area contributed by atoms with Crippen LogP contribution in [0.3, 0.4) is 0 Å². The van der Waals surface area contributed by atoms with E-state index in [1.54, 1.807) is 29.6 Å². The number of nitrogens with zero attached hydrogens (tertiary/aromatic N) is 1. The molecule has 2 aromatic carbocycles. The second-order valence-electron chi connectivity index (χ2n) is 5.06. The van der Waals surface area contributed by atoms with Crippen LogP contribution in [-0.2, 0) is 10.0 Å². The van der Waals surface area contributed by atoms with Gasteiger partial charge in [-0.15, -0.1) is 11.3 Å². The maximum atomic E-state index is 12.3. The van der Waals surface area contributed by atoms with E-state index in [1.807, 2.05) is 12.1 Å². The zero-order chi connectivity index (χ0) is 18.6. The summed E-state index contributed by atoms with van der Waals surface area (Å²) in [6.45, 7) is 0. The Kier molecular flexibility index (Phi) is 5.72. The molecule has 1 heterocycles. The van der Waals surface area contributed by atoms with Gasteiger partial charge in [-0.1, -0.05) is 17.7 Å². The SMILES string of the molecule is O=S(=O)(Nc1nccs1)c1ccc(NC(=S)Nc2cccc(Cl)c2)cc1. The molecule has 3 aromatic rings. The molecule has 0 bridgehead atoms. The molecule has 3 rings (SSSR count). The Hall–Kier alpha value is -2.20. The number of nitrogens with one attached hydrogen (secondary N) is 3. The first-order valence-electron chi connectivity index (χ1n) is 7.28. The highest BCUT2D eigenvalue weighted by Crippen LogP contribution is 2.20. The van der Waals surface area contributed by atoms with Gasteiger partial charge in [-0.05, 0) is 54.7 Å². The van der Waals surface area contributed by atoms with Gasteiger partial charge in [0, 0.05) is 28.0 Å². The number of anilines is 3. The Morgan fingerprint density at radius 1 is 1.08 bits per heavy atom. The Morgan fingerprint density at radius 3 is 2.46 bits per heavy atom. The van der Waals surface area contributed by atoms with E-state index in [0.29, 0.717) is 21.0 Å². The van der Waals surface area contributed by atoms with Crippen LogP contribution in [0.15, 0.2) is 65.0 Å². The number of rotatable bonds is 5. The van der Waals surface area contributed by atoms with Crippen molar-refractivity contribution >= 4 is 66.8 Å². The predicted molar refractivity (Wildman–Crippen MR) is 111 cm³/mol. The van der Waals surface area contributed by atoms with E-state index < -0.39 is 10.0 Å². The van der Waals surface area contributed by atoms with Crippen molar-refractivity contribution in [2.75, 3.05) is 15.4 Å². The minimum atomic E-state index is -3.67. The van der Waals surface area contributed by atoms with Crippen molar-refractivity contribution in [1.82, 2.24) is 4.98 Å². The first-order chi connectivity index (χ1) is 12.4. The maximum Gasteiger partial charge on any atom is 0.263 e. The fourth-order valence-corrected chi connectivity index (χ4v) is 4.24. The Labute approximate surface area is 165 Å². The number of thiocarbonyl (C=S) groups is 1. The van der Waals surface area contributed by atoms with Gasteiger partial charge in [0.15, 0.2) is 10.2 Å². The molecule has 0 unspecified atom stereocenters. The van der Waals surface area contributed by atoms with E-state index in [9.17, 15) is 8.42 Å². The van der Waals surface area contributed by atoms with Gasteiger partial charge in [-0.25, -0.2) is 13.4 Å². The summed E-state index contributed by atoms with van der Waals surface area (Å²) in [5, 5.41) is 8.96. The van der Waals surface area contributed by atoms with Crippen LogP contribution in [0.2, 0.25) is 5.02 Å². The van der Waals surface area contributed by atoms with E-state index in [2.05, 4.69) is 20.3 Å². The summed E-state index contributed by atoms with van der Waals surface area (Å²) >= 11 is 12.4. The minimum Gasteiger partial charge on any atom is -0.332 e. The van der Waals surface area contributed by atoms with Crippen LogP contribution in [0.5, 0.6) is 0 Å². The largest absolute Gasteiger partial charge is 0.332 e. The molecule has 0 saturated carbocycles. The molecule has 0 aliphatic heterocycles. The van der Waals surface area contributed by atoms with Crippen molar-refractivity contribution in [1.29, 1.82) is 0 Å².